The Morgan fingerprint density at radius 2 is 1.48 bits per heavy atom. The van der Waals surface area contributed by atoms with Crippen LogP contribution in [-0.2, 0) is 38.9 Å². The molecule has 3 aliphatic heterocycles. The van der Waals surface area contributed by atoms with Gasteiger partial charge in [0.25, 0.3) is 5.91 Å². The highest BCUT2D eigenvalue weighted by molar-refractivity contribution is 7.87. The Morgan fingerprint density at radius 1 is 0.825 bits per heavy atom. The van der Waals surface area contributed by atoms with Crippen LogP contribution >= 0.6 is 0 Å². The zero-order chi connectivity index (χ0) is 45.8. The summed E-state index contributed by atoms with van der Waals surface area (Å²) >= 11 is 0. The van der Waals surface area contributed by atoms with Crippen molar-refractivity contribution in [1.82, 2.24) is 34.8 Å². The summed E-state index contributed by atoms with van der Waals surface area (Å²) in [6, 6.07) is -2.98. The van der Waals surface area contributed by atoms with Crippen molar-refractivity contribution in [2.45, 2.75) is 181 Å². The monoisotopic (exact) mass is 900 g/mol. The molecule has 63 heavy (non-hydrogen) atoms. The molecular weight excluding hydrogens is 823 g/mol. The molecule has 0 aromatic heterocycles. The Balaban J connectivity index is 1.20. The van der Waals surface area contributed by atoms with E-state index in [0.717, 1.165) is 81.5 Å². The first kappa shape index (κ1) is 47.9. The Kier molecular flexibility index (Phi) is 13.6. The van der Waals surface area contributed by atoms with E-state index >= 15 is 9.59 Å². The van der Waals surface area contributed by atoms with Crippen molar-refractivity contribution in [2.75, 3.05) is 39.4 Å². The third-order valence-electron chi connectivity index (χ3n) is 17.8. The van der Waals surface area contributed by atoms with E-state index < -0.39 is 57.0 Å². The number of nitrogens with zero attached hydrogens (tertiary/aromatic N) is 3. The van der Waals surface area contributed by atoms with Crippen LogP contribution in [0.25, 0.3) is 0 Å². The number of hydrogen-bond acceptors (Lipinski definition) is 9. The lowest BCUT2D eigenvalue weighted by atomic mass is 9.73. The molecule has 0 unspecified atom stereocenters. The summed E-state index contributed by atoms with van der Waals surface area (Å²) in [6.07, 6.45) is 13.5. The Hall–Kier alpha value is -3.08. The van der Waals surface area contributed by atoms with Crippen LogP contribution in [0.1, 0.15) is 145 Å². The van der Waals surface area contributed by atoms with Crippen LogP contribution in [0, 0.1) is 33.5 Å². The van der Waals surface area contributed by atoms with Gasteiger partial charge >= 0.3 is 10.2 Å². The van der Waals surface area contributed by atoms with Crippen molar-refractivity contribution in [3.8, 4) is 0 Å². The second kappa shape index (κ2) is 18.0. The predicted octanol–water partition coefficient (Wildman–Crippen LogP) is 4.18. The minimum atomic E-state index is -4.18. The van der Waals surface area contributed by atoms with Crippen molar-refractivity contribution in [3.05, 3.63) is 12.7 Å². The number of ether oxygens (including phenoxy) is 1. The molecule has 15 nitrogen and oxygen atoms in total. The van der Waals surface area contributed by atoms with Gasteiger partial charge in [-0.05, 0) is 101 Å². The SMILES string of the molecule is C=C[C@@H]1C[C@]1(NC(=O)[C@@H]1C[C@@]2(CN1C(=O)[C@@H](NC(=O)[C@@H](NC(=O)[C@@H]1CCCCN1C(C)C)C1CCCCC1)C1(C)CCOCC1)C(C)(C)C21CCC1)C(=O)NS(=O)(=O)N(CC)CC. The van der Waals surface area contributed by atoms with Crippen LogP contribution in [0.15, 0.2) is 12.7 Å². The Labute approximate surface area is 376 Å². The van der Waals surface area contributed by atoms with Gasteiger partial charge in [0.1, 0.15) is 23.7 Å². The molecule has 7 fully saturated rings. The molecule has 3 saturated heterocycles. The lowest BCUT2D eigenvalue weighted by Crippen LogP contribution is -2.64. The van der Waals surface area contributed by atoms with Crippen molar-refractivity contribution >= 4 is 39.7 Å². The van der Waals surface area contributed by atoms with Crippen molar-refractivity contribution < 1.29 is 37.1 Å². The lowest BCUT2D eigenvalue weighted by Gasteiger charge is -2.43. The standard InChI is InChI=1S/C47H77N7O8S/c1-9-33-28-47(33,42(59)51-63(60,61)52(10-2)11-3)50-39(56)35-29-46(43(6,7)45(46)21-17-22-45)30-54(35)41(58)37(44(8)23-26-62-27-24-44)49-40(57)36(32-18-13-12-14-19-32)48-38(55)34-20-15-16-25-53(34)31(4)5/h9,31-37H,1,10-30H2,2-8H3,(H,48,55)(H,49,57)(H,50,56)(H,51,59)/t33-,34+,35+,36+,37-,46-,47-/m1/s1. The molecule has 4 N–H and O–H groups in total. The van der Waals surface area contributed by atoms with Gasteiger partial charge in [0.2, 0.25) is 23.6 Å². The van der Waals surface area contributed by atoms with Gasteiger partial charge < -0.3 is 25.6 Å². The highest BCUT2D eigenvalue weighted by atomic mass is 32.2. The summed E-state index contributed by atoms with van der Waals surface area (Å²) in [5, 5.41) is 9.50. The normalized spacial score (nSPS) is 32.1. The van der Waals surface area contributed by atoms with E-state index in [1.54, 1.807) is 24.8 Å². The van der Waals surface area contributed by atoms with Crippen molar-refractivity contribution in [3.63, 3.8) is 0 Å². The molecule has 5 amide bonds. The van der Waals surface area contributed by atoms with Crippen LogP contribution < -0.4 is 20.7 Å². The maximum absolute atomic E-state index is 15.7. The molecule has 4 aliphatic carbocycles. The van der Waals surface area contributed by atoms with Crippen LogP contribution in [0.4, 0.5) is 0 Å². The summed E-state index contributed by atoms with van der Waals surface area (Å²) in [5.74, 6) is -2.82. The molecule has 2 spiro atoms. The highest BCUT2D eigenvalue weighted by Gasteiger charge is 2.85. The number of amides is 5. The van der Waals surface area contributed by atoms with Crippen LogP contribution in [-0.4, -0.2) is 127 Å². The Morgan fingerprint density at radius 3 is 2.03 bits per heavy atom. The summed E-state index contributed by atoms with van der Waals surface area (Å²) in [4.78, 5) is 77.8. The summed E-state index contributed by atoms with van der Waals surface area (Å²) < 4.78 is 35.7. The van der Waals surface area contributed by atoms with Gasteiger partial charge in [-0.25, -0.2) is 4.72 Å². The minimum Gasteiger partial charge on any atom is -0.381 e. The second-order valence-corrected chi connectivity index (χ2v) is 23.0. The fraction of sp³-hybridized carbons (Fsp3) is 0.851. The number of likely N-dealkylation sites (tertiary alicyclic amines) is 2. The second-order valence-electron chi connectivity index (χ2n) is 21.3. The van der Waals surface area contributed by atoms with Crippen molar-refractivity contribution in [2.24, 2.45) is 33.5 Å². The number of rotatable bonds is 16. The predicted molar refractivity (Wildman–Crippen MR) is 240 cm³/mol. The average Bonchev–Trinajstić information content (AvgIpc) is 3.97. The molecular formula is C47H77N7O8S. The molecule has 0 aromatic carbocycles. The van der Waals surface area contributed by atoms with Crippen LogP contribution in [0.3, 0.4) is 0 Å². The number of carbonyl (C=O) groups excluding carboxylic acids is 5. The van der Waals surface area contributed by atoms with E-state index in [9.17, 15) is 22.8 Å². The zero-order valence-electron chi connectivity index (χ0n) is 39.2. The number of carbonyl (C=O) groups is 5. The van der Waals surface area contributed by atoms with Gasteiger partial charge in [0.05, 0.1) is 6.04 Å². The number of hydrogen-bond donors (Lipinski definition) is 4. The molecule has 0 radical (unpaired) electrons. The largest absolute Gasteiger partial charge is 0.381 e. The molecule has 3 heterocycles. The first-order valence-corrected chi connectivity index (χ1v) is 25.7. The van der Waals surface area contributed by atoms with Gasteiger partial charge in [-0.1, -0.05) is 72.8 Å². The Bertz CT molecular complexity index is 1890. The third-order valence-corrected chi connectivity index (χ3v) is 19.4. The molecule has 0 aromatic rings. The maximum atomic E-state index is 15.7. The number of nitrogens with one attached hydrogen (secondary N) is 4. The molecule has 16 heteroatoms. The summed E-state index contributed by atoms with van der Waals surface area (Å²) in [6.45, 7) is 20.2. The van der Waals surface area contributed by atoms with Crippen LogP contribution in [0.2, 0.25) is 0 Å². The summed E-state index contributed by atoms with van der Waals surface area (Å²) in [5.41, 5.74) is -2.83. The van der Waals surface area contributed by atoms with Crippen LogP contribution in [0.5, 0.6) is 0 Å². The fourth-order valence-electron chi connectivity index (χ4n) is 13.3. The van der Waals surface area contributed by atoms with E-state index in [2.05, 4.69) is 59.8 Å². The van der Waals surface area contributed by atoms with Crippen molar-refractivity contribution in [1.29, 1.82) is 0 Å². The van der Waals surface area contributed by atoms with E-state index in [-0.39, 0.29) is 71.5 Å². The molecule has 0 bridgehead atoms. The lowest BCUT2D eigenvalue weighted by molar-refractivity contribution is -0.147. The first-order chi connectivity index (χ1) is 29.8. The van der Waals surface area contributed by atoms with Gasteiger partial charge in [-0.15, -0.1) is 6.58 Å². The number of piperidine rings is 1. The molecule has 354 valence electrons. The van der Waals surface area contributed by atoms with E-state index in [4.69, 9.17) is 4.74 Å². The van der Waals surface area contributed by atoms with E-state index in [0.29, 0.717) is 39.0 Å². The molecule has 7 rings (SSSR count). The summed E-state index contributed by atoms with van der Waals surface area (Å²) in [7, 11) is -4.18. The highest BCUT2D eigenvalue weighted by Crippen LogP contribution is 2.88. The first-order valence-electron chi connectivity index (χ1n) is 24.3. The smallest absolute Gasteiger partial charge is 0.303 e. The van der Waals surface area contributed by atoms with Gasteiger partial charge in [0.15, 0.2) is 0 Å². The van der Waals surface area contributed by atoms with Gasteiger partial charge in [-0.2, -0.15) is 12.7 Å². The zero-order valence-corrected chi connectivity index (χ0v) is 40.0. The maximum Gasteiger partial charge on any atom is 0.303 e. The van der Waals surface area contributed by atoms with Gasteiger partial charge in [-0.3, -0.25) is 28.9 Å². The minimum absolute atomic E-state index is 0.0373. The molecule has 7 atom stereocenters. The molecule has 7 aliphatic rings. The number of fused-ring (bicyclic) bond motifs is 1. The third kappa shape index (κ3) is 8.27. The van der Waals surface area contributed by atoms with E-state index in [1.807, 2.05) is 6.92 Å². The fourth-order valence-corrected chi connectivity index (χ4v) is 14.5. The topological polar surface area (TPSA) is 187 Å². The quantitative estimate of drug-likeness (QED) is 0.165. The van der Waals surface area contributed by atoms with E-state index in [1.165, 1.54) is 0 Å². The average molecular weight is 900 g/mol. The molecule has 4 saturated carbocycles. The van der Waals surface area contributed by atoms with Gasteiger partial charge in [0, 0.05) is 55.6 Å².